The molecule has 0 spiro atoms. The van der Waals surface area contributed by atoms with Gasteiger partial charge < -0.3 is 15.5 Å². The van der Waals surface area contributed by atoms with Gasteiger partial charge in [-0.15, -0.1) is 0 Å². The third-order valence-corrected chi connectivity index (χ3v) is 2.47. The van der Waals surface area contributed by atoms with Crippen LogP contribution in [-0.2, 0) is 4.79 Å². The van der Waals surface area contributed by atoms with Crippen molar-refractivity contribution in [3.63, 3.8) is 0 Å². The zero-order chi connectivity index (χ0) is 10.5. The van der Waals surface area contributed by atoms with Crippen molar-refractivity contribution < 1.29 is 15.0 Å². The number of aliphatic carboxylic acids is 1. The molecule has 0 heterocycles. The Hall–Kier alpha value is -0.610. The minimum Gasteiger partial charge on any atom is -0.480 e. The number of carbonyl (C=O) groups is 1. The molecule has 13 heavy (non-hydrogen) atoms. The molecule has 4 nitrogen and oxygen atoms in total. The zero-order valence-electron chi connectivity index (χ0n) is 8.50. The lowest BCUT2D eigenvalue weighted by Gasteiger charge is -2.31. The molecule has 78 valence electrons. The number of aliphatic hydroxyl groups is 1. The fourth-order valence-electron chi connectivity index (χ4n) is 1.39. The van der Waals surface area contributed by atoms with E-state index in [9.17, 15) is 9.90 Å². The molecule has 0 fully saturated rings. The number of hydrogen-bond acceptors (Lipinski definition) is 3. The monoisotopic (exact) mass is 189 g/mol. The highest BCUT2D eigenvalue weighted by Gasteiger charge is 2.40. The Morgan fingerprint density at radius 2 is 2.15 bits per heavy atom. The van der Waals surface area contributed by atoms with Gasteiger partial charge in [-0.05, 0) is 20.4 Å². The van der Waals surface area contributed by atoms with Gasteiger partial charge in [0.25, 0.3) is 0 Å². The van der Waals surface area contributed by atoms with Crippen molar-refractivity contribution in [2.24, 2.45) is 0 Å². The van der Waals surface area contributed by atoms with Crippen molar-refractivity contribution in [2.45, 2.75) is 44.8 Å². The molecule has 0 aromatic heterocycles. The first-order chi connectivity index (χ1) is 6.01. The number of rotatable bonds is 6. The van der Waals surface area contributed by atoms with Crippen LogP contribution in [0.5, 0.6) is 0 Å². The molecule has 0 radical (unpaired) electrons. The van der Waals surface area contributed by atoms with Crippen molar-refractivity contribution in [3.05, 3.63) is 0 Å². The smallest absolute Gasteiger partial charge is 0.326 e. The zero-order valence-corrected chi connectivity index (χ0v) is 8.50. The summed E-state index contributed by atoms with van der Waals surface area (Å²) in [4.78, 5) is 11.0. The second kappa shape index (κ2) is 5.19. The second-order valence-electron chi connectivity index (χ2n) is 3.31. The van der Waals surface area contributed by atoms with Gasteiger partial charge in [0.05, 0.1) is 6.10 Å². The number of aliphatic hydroxyl groups excluding tert-OH is 1. The van der Waals surface area contributed by atoms with Gasteiger partial charge in [-0.25, -0.2) is 0 Å². The molecule has 0 amide bonds. The van der Waals surface area contributed by atoms with Gasteiger partial charge >= 0.3 is 5.97 Å². The first-order valence-electron chi connectivity index (χ1n) is 4.61. The quantitative estimate of drug-likeness (QED) is 0.572. The fourth-order valence-corrected chi connectivity index (χ4v) is 1.39. The third kappa shape index (κ3) is 2.67. The van der Waals surface area contributed by atoms with Crippen molar-refractivity contribution in [1.29, 1.82) is 0 Å². The maximum atomic E-state index is 11.0. The minimum absolute atomic E-state index is 0.451. The molecule has 0 bridgehead atoms. The fraction of sp³-hybridized carbons (Fsp3) is 0.889. The Labute approximate surface area is 79.0 Å². The van der Waals surface area contributed by atoms with E-state index in [1.807, 2.05) is 6.92 Å². The van der Waals surface area contributed by atoms with E-state index in [-0.39, 0.29) is 0 Å². The molecular weight excluding hydrogens is 170 g/mol. The molecule has 0 aliphatic rings. The second-order valence-corrected chi connectivity index (χ2v) is 3.31. The molecule has 2 atom stereocenters. The summed E-state index contributed by atoms with van der Waals surface area (Å²) in [6.45, 7) is 3.49. The molecule has 3 N–H and O–H groups in total. The van der Waals surface area contributed by atoms with E-state index in [0.717, 1.165) is 12.8 Å². The standard InChI is InChI=1S/C9H19NO3/c1-4-5-6-9(10-3,7(2)11)8(12)13/h7,10-11H,4-6H2,1-3H3,(H,12,13). The summed E-state index contributed by atoms with van der Waals surface area (Å²) in [6.07, 6.45) is 1.27. The van der Waals surface area contributed by atoms with E-state index in [0.29, 0.717) is 6.42 Å². The highest BCUT2D eigenvalue weighted by atomic mass is 16.4. The number of hydrogen-bond donors (Lipinski definition) is 3. The van der Waals surface area contributed by atoms with Gasteiger partial charge in [-0.3, -0.25) is 4.79 Å². The Morgan fingerprint density at radius 3 is 2.38 bits per heavy atom. The van der Waals surface area contributed by atoms with Crippen LogP contribution in [-0.4, -0.2) is 34.9 Å². The maximum absolute atomic E-state index is 11.0. The van der Waals surface area contributed by atoms with E-state index in [2.05, 4.69) is 5.32 Å². The first-order valence-corrected chi connectivity index (χ1v) is 4.61. The van der Waals surface area contributed by atoms with Crippen molar-refractivity contribution >= 4 is 5.97 Å². The van der Waals surface area contributed by atoms with Gasteiger partial charge in [0.1, 0.15) is 5.54 Å². The summed E-state index contributed by atoms with van der Waals surface area (Å²) in [5, 5.41) is 21.1. The van der Waals surface area contributed by atoms with Crippen LogP contribution in [0.25, 0.3) is 0 Å². The van der Waals surface area contributed by atoms with E-state index < -0.39 is 17.6 Å². The molecule has 0 saturated heterocycles. The Balaban J connectivity index is 4.55. The molecule has 0 saturated carbocycles. The predicted octanol–water partition coefficient (Wildman–Crippen LogP) is 0.600. The van der Waals surface area contributed by atoms with Crippen LogP contribution in [0.2, 0.25) is 0 Å². The molecule has 0 aliphatic heterocycles. The lowest BCUT2D eigenvalue weighted by Crippen LogP contribution is -2.58. The molecule has 2 unspecified atom stereocenters. The first kappa shape index (κ1) is 12.4. The SMILES string of the molecule is CCCCC(NC)(C(=O)O)C(C)O. The van der Waals surface area contributed by atoms with Crippen LogP contribution in [0.15, 0.2) is 0 Å². The normalized spacial score (nSPS) is 17.8. The number of likely N-dealkylation sites (N-methyl/N-ethyl adjacent to an activating group) is 1. The van der Waals surface area contributed by atoms with Crippen molar-refractivity contribution in [2.75, 3.05) is 7.05 Å². The molecule has 0 rings (SSSR count). The van der Waals surface area contributed by atoms with Gasteiger partial charge in [-0.1, -0.05) is 19.8 Å². The largest absolute Gasteiger partial charge is 0.480 e. The topological polar surface area (TPSA) is 69.6 Å². The maximum Gasteiger partial charge on any atom is 0.326 e. The summed E-state index contributed by atoms with van der Waals surface area (Å²) in [5.41, 5.74) is -1.18. The number of unbranched alkanes of at least 4 members (excludes halogenated alkanes) is 1. The lowest BCUT2D eigenvalue weighted by atomic mass is 9.87. The van der Waals surface area contributed by atoms with E-state index in [1.54, 1.807) is 7.05 Å². The van der Waals surface area contributed by atoms with Crippen LogP contribution in [0.4, 0.5) is 0 Å². The van der Waals surface area contributed by atoms with Gasteiger partial charge in [0.2, 0.25) is 0 Å². The summed E-state index contributed by atoms with van der Waals surface area (Å²) >= 11 is 0. The van der Waals surface area contributed by atoms with Crippen molar-refractivity contribution in [1.82, 2.24) is 5.32 Å². The van der Waals surface area contributed by atoms with E-state index in [1.165, 1.54) is 6.92 Å². The van der Waals surface area contributed by atoms with Crippen molar-refractivity contribution in [3.8, 4) is 0 Å². The summed E-state index contributed by atoms with van der Waals surface area (Å²) in [7, 11) is 1.57. The predicted molar refractivity (Wildman–Crippen MR) is 50.6 cm³/mol. The molecule has 0 aromatic carbocycles. The highest BCUT2D eigenvalue weighted by Crippen LogP contribution is 2.18. The van der Waals surface area contributed by atoms with E-state index >= 15 is 0 Å². The average molecular weight is 189 g/mol. The van der Waals surface area contributed by atoms with Crippen LogP contribution in [0.1, 0.15) is 33.1 Å². The van der Waals surface area contributed by atoms with Gasteiger partial charge in [0, 0.05) is 0 Å². The molecular formula is C9H19NO3. The average Bonchev–Trinajstić information content (AvgIpc) is 2.05. The molecule has 0 aliphatic carbocycles. The van der Waals surface area contributed by atoms with Gasteiger partial charge in [0.15, 0.2) is 0 Å². The van der Waals surface area contributed by atoms with Gasteiger partial charge in [-0.2, -0.15) is 0 Å². The summed E-state index contributed by atoms with van der Waals surface area (Å²) in [5.74, 6) is -0.988. The third-order valence-electron chi connectivity index (χ3n) is 2.47. The number of carboxylic acids is 1. The lowest BCUT2D eigenvalue weighted by molar-refractivity contribution is -0.150. The molecule has 0 aromatic rings. The Morgan fingerprint density at radius 1 is 1.62 bits per heavy atom. The number of nitrogens with one attached hydrogen (secondary N) is 1. The number of carboxylic acid groups (broad SMARTS) is 1. The highest BCUT2D eigenvalue weighted by molar-refractivity contribution is 5.79. The van der Waals surface area contributed by atoms with Crippen LogP contribution in [0.3, 0.4) is 0 Å². The Kier molecular flexibility index (Phi) is 4.95. The van der Waals surface area contributed by atoms with Crippen LogP contribution >= 0.6 is 0 Å². The Bertz CT molecular complexity index is 170. The molecule has 4 heteroatoms. The minimum atomic E-state index is -1.18. The summed E-state index contributed by atoms with van der Waals surface area (Å²) in [6, 6.07) is 0. The van der Waals surface area contributed by atoms with E-state index in [4.69, 9.17) is 5.11 Å². The summed E-state index contributed by atoms with van der Waals surface area (Å²) < 4.78 is 0. The van der Waals surface area contributed by atoms with Crippen LogP contribution in [0, 0.1) is 0 Å². The van der Waals surface area contributed by atoms with Crippen LogP contribution < -0.4 is 5.32 Å².